The van der Waals surface area contributed by atoms with Gasteiger partial charge in [0.15, 0.2) is 6.10 Å². The van der Waals surface area contributed by atoms with Crippen molar-refractivity contribution in [2.45, 2.75) is 122 Å². The lowest BCUT2D eigenvalue weighted by molar-refractivity contribution is -0.149. The van der Waals surface area contributed by atoms with E-state index in [2.05, 4.69) is 25.9 Å². The number of rotatable bonds is 23. The van der Waals surface area contributed by atoms with Crippen molar-refractivity contribution in [3.63, 3.8) is 0 Å². The Kier molecular flexibility index (Phi) is 20.6. The van der Waals surface area contributed by atoms with Gasteiger partial charge in [0.25, 0.3) is 5.91 Å². The minimum Gasteiger partial charge on any atom is -0.455 e. The highest BCUT2D eigenvalue weighted by atomic mass is 33.1. The molecule has 17 heteroatoms. The molecule has 0 saturated carbocycles. The molecule has 0 bridgehead atoms. The summed E-state index contributed by atoms with van der Waals surface area (Å²) in [5.74, 6) is -1.88. The van der Waals surface area contributed by atoms with E-state index in [-0.39, 0.29) is 53.5 Å². The number of hydrogen-bond donors (Lipinski definition) is 3. The molecular weight excluding hydrogens is 850 g/mol. The summed E-state index contributed by atoms with van der Waals surface area (Å²) >= 11 is 1.18. The van der Waals surface area contributed by atoms with Crippen LogP contribution in [0.25, 0.3) is 0 Å². The number of aromatic nitrogens is 2. The van der Waals surface area contributed by atoms with E-state index in [4.69, 9.17) is 4.74 Å². The Morgan fingerprint density at radius 3 is 2.42 bits per heavy atom. The Labute approximate surface area is 378 Å². The van der Waals surface area contributed by atoms with Gasteiger partial charge in [-0.3, -0.25) is 28.9 Å². The molecule has 3 N–H and O–H groups in total. The van der Waals surface area contributed by atoms with Gasteiger partial charge in [-0.25, -0.2) is 14.4 Å². The standard InChI is InChI=1S/C45H64FN7O6S3/c1-9-29(4)40(51-43(57)36-14-11-13-22-52(36)7)45(58)53(8)37(28(2)3)26-38(59-31(6)54)44-50-35(27-60-44)42(56)49-34(25-32-16-18-33(46)19-17-32)24-30(5)41(55)48-21-23-61-62-39-15-10-12-20-47-39/h10,12,15-20,27-30,34,36-38,40H,9,11,13-14,21-26H2,1-8H3,(H,48,55)(H,49,56)(H,51,57)/t29?,30-,34?,36+,37+,38+,40-/m0/s1. The third kappa shape index (κ3) is 15.6. The first-order valence-corrected chi connectivity index (χ1v) is 24.7. The third-order valence-electron chi connectivity index (χ3n) is 11.3. The predicted molar refractivity (Wildman–Crippen MR) is 245 cm³/mol. The Morgan fingerprint density at radius 1 is 1.03 bits per heavy atom. The zero-order chi connectivity index (χ0) is 45.3. The minimum absolute atomic E-state index is 0.0712. The maximum absolute atomic E-state index is 14.3. The zero-order valence-electron chi connectivity index (χ0n) is 37.2. The van der Waals surface area contributed by atoms with E-state index in [1.807, 2.05) is 57.8 Å². The number of nitrogens with one attached hydrogen (secondary N) is 3. The molecule has 1 aliphatic heterocycles. The largest absolute Gasteiger partial charge is 0.455 e. The monoisotopic (exact) mass is 913 g/mol. The summed E-state index contributed by atoms with van der Waals surface area (Å²) in [6.07, 6.45) is 5.15. The van der Waals surface area contributed by atoms with Crippen molar-refractivity contribution >= 4 is 62.5 Å². The number of halogens is 1. The Hall–Kier alpha value is -4.06. The molecule has 1 aromatic carbocycles. The average molecular weight is 914 g/mol. The molecule has 2 unspecified atom stereocenters. The summed E-state index contributed by atoms with van der Waals surface area (Å²) in [6.45, 7) is 12.3. The van der Waals surface area contributed by atoms with Crippen LogP contribution < -0.4 is 16.0 Å². The molecule has 1 aliphatic rings. The van der Waals surface area contributed by atoms with Gasteiger partial charge in [-0.2, -0.15) is 0 Å². The summed E-state index contributed by atoms with van der Waals surface area (Å²) in [4.78, 5) is 80.0. The van der Waals surface area contributed by atoms with Crippen molar-refractivity contribution < 1.29 is 33.1 Å². The van der Waals surface area contributed by atoms with Gasteiger partial charge < -0.3 is 25.6 Å². The average Bonchev–Trinajstić information content (AvgIpc) is 3.75. The molecule has 4 rings (SSSR count). The first-order chi connectivity index (χ1) is 29.6. The predicted octanol–water partition coefficient (Wildman–Crippen LogP) is 7.09. The van der Waals surface area contributed by atoms with Crippen LogP contribution in [0.4, 0.5) is 4.39 Å². The first kappa shape index (κ1) is 50.6. The normalized spacial score (nSPS) is 17.2. The van der Waals surface area contributed by atoms with Crippen LogP contribution in [-0.2, 0) is 30.3 Å². The molecule has 1 saturated heterocycles. The highest BCUT2D eigenvalue weighted by Crippen LogP contribution is 2.32. The Bertz CT molecular complexity index is 1910. The SMILES string of the molecule is CCC(C)[C@H](NC(=O)[C@H]1CCCCN1C)C(=O)N(C)[C@H](C[C@@H](OC(C)=O)c1nc(C(=O)NC(Cc2ccc(F)cc2)C[C@H](C)C(=O)NCCSSc2ccccn2)cs1)C(C)C. The number of ether oxygens (including phenoxy) is 1. The number of benzene rings is 1. The number of amides is 4. The number of carbonyl (C=O) groups is 5. The van der Waals surface area contributed by atoms with Gasteiger partial charge in [0.1, 0.15) is 27.6 Å². The van der Waals surface area contributed by atoms with E-state index in [0.717, 1.165) is 36.4 Å². The molecule has 3 aromatic rings. The van der Waals surface area contributed by atoms with Gasteiger partial charge in [0.05, 0.1) is 6.04 Å². The molecule has 0 spiro atoms. The van der Waals surface area contributed by atoms with Crippen LogP contribution in [0.5, 0.6) is 0 Å². The molecule has 0 aliphatic carbocycles. The summed E-state index contributed by atoms with van der Waals surface area (Å²) < 4.78 is 19.6. The fourth-order valence-corrected chi connectivity index (χ4v) is 10.2. The Morgan fingerprint density at radius 2 is 1.77 bits per heavy atom. The van der Waals surface area contributed by atoms with Crippen molar-refractivity contribution in [1.29, 1.82) is 0 Å². The lowest BCUT2D eigenvalue weighted by Crippen LogP contribution is -2.58. The molecule has 62 heavy (non-hydrogen) atoms. The molecule has 0 radical (unpaired) electrons. The van der Waals surface area contributed by atoms with E-state index in [0.29, 0.717) is 36.6 Å². The fraction of sp³-hybridized carbons (Fsp3) is 0.578. The molecule has 7 atom stereocenters. The van der Waals surface area contributed by atoms with E-state index in [1.54, 1.807) is 53.4 Å². The Balaban J connectivity index is 1.45. The molecule has 3 heterocycles. The number of thiazole rings is 1. The number of carbonyl (C=O) groups excluding carboxylic acids is 5. The van der Waals surface area contributed by atoms with E-state index >= 15 is 0 Å². The number of pyridine rings is 1. The summed E-state index contributed by atoms with van der Waals surface area (Å²) in [5.41, 5.74) is 0.902. The van der Waals surface area contributed by atoms with Gasteiger partial charge in [-0.15, -0.1) is 11.3 Å². The van der Waals surface area contributed by atoms with Crippen LogP contribution in [0.1, 0.15) is 107 Å². The second-order valence-electron chi connectivity index (χ2n) is 16.5. The molecule has 340 valence electrons. The van der Waals surface area contributed by atoms with Crippen LogP contribution in [0.15, 0.2) is 59.1 Å². The molecule has 2 aromatic heterocycles. The zero-order valence-corrected chi connectivity index (χ0v) is 39.7. The fourth-order valence-electron chi connectivity index (χ4n) is 7.54. The second-order valence-corrected chi connectivity index (χ2v) is 19.9. The summed E-state index contributed by atoms with van der Waals surface area (Å²) in [5, 5.41) is 12.0. The lowest BCUT2D eigenvalue weighted by atomic mass is 9.92. The van der Waals surface area contributed by atoms with Gasteiger partial charge in [-0.1, -0.05) is 76.5 Å². The van der Waals surface area contributed by atoms with Crippen LogP contribution in [0.2, 0.25) is 0 Å². The topological polar surface area (TPSA) is 163 Å². The van der Waals surface area contributed by atoms with Gasteiger partial charge in [0, 0.05) is 62.3 Å². The highest BCUT2D eigenvalue weighted by molar-refractivity contribution is 8.76. The molecule has 13 nitrogen and oxygen atoms in total. The van der Waals surface area contributed by atoms with E-state index < -0.39 is 42.0 Å². The maximum Gasteiger partial charge on any atom is 0.303 e. The smallest absolute Gasteiger partial charge is 0.303 e. The number of likely N-dealkylation sites (tertiary alicyclic amines) is 1. The minimum atomic E-state index is -0.867. The quantitative estimate of drug-likeness (QED) is 0.0506. The van der Waals surface area contributed by atoms with E-state index in [1.165, 1.54) is 41.2 Å². The first-order valence-electron chi connectivity index (χ1n) is 21.5. The van der Waals surface area contributed by atoms with Crippen molar-refractivity contribution in [2.75, 3.05) is 32.9 Å². The number of likely N-dealkylation sites (N-methyl/N-ethyl adjacent to an activating group) is 2. The van der Waals surface area contributed by atoms with Crippen molar-refractivity contribution in [3.8, 4) is 0 Å². The number of piperidine rings is 1. The number of esters is 1. The maximum atomic E-state index is 14.3. The van der Waals surface area contributed by atoms with Gasteiger partial charge in [0.2, 0.25) is 17.7 Å². The van der Waals surface area contributed by atoms with Gasteiger partial charge >= 0.3 is 5.97 Å². The molecule has 1 fully saturated rings. The summed E-state index contributed by atoms with van der Waals surface area (Å²) in [6, 6.07) is 9.79. The van der Waals surface area contributed by atoms with Crippen LogP contribution in [0, 0.1) is 23.6 Å². The lowest BCUT2D eigenvalue weighted by Gasteiger charge is -2.38. The van der Waals surface area contributed by atoms with Crippen LogP contribution in [0.3, 0.4) is 0 Å². The number of hydrogen-bond acceptors (Lipinski definition) is 12. The summed E-state index contributed by atoms with van der Waals surface area (Å²) in [7, 11) is 6.79. The second kappa shape index (κ2) is 25.3. The molecule has 4 amide bonds. The van der Waals surface area contributed by atoms with Crippen LogP contribution in [-0.4, -0.2) is 106 Å². The van der Waals surface area contributed by atoms with Crippen LogP contribution >= 0.6 is 32.9 Å². The van der Waals surface area contributed by atoms with Crippen molar-refractivity contribution in [2.24, 2.45) is 17.8 Å². The van der Waals surface area contributed by atoms with Crippen molar-refractivity contribution in [3.05, 3.63) is 76.1 Å². The van der Waals surface area contributed by atoms with Gasteiger partial charge in [-0.05, 0) is 91.7 Å². The highest BCUT2D eigenvalue weighted by Gasteiger charge is 2.37. The third-order valence-corrected chi connectivity index (χ3v) is 14.5. The van der Waals surface area contributed by atoms with Crippen molar-refractivity contribution in [1.82, 2.24) is 35.7 Å². The number of nitrogens with zero attached hydrogens (tertiary/aromatic N) is 4. The molecular formula is C45H64FN7O6S3. The van der Waals surface area contributed by atoms with E-state index in [9.17, 15) is 28.4 Å².